The number of nitrogens with zero attached hydrogens (tertiary/aromatic N) is 2. The molecule has 0 N–H and O–H groups in total. The summed E-state index contributed by atoms with van der Waals surface area (Å²) >= 11 is 0. The molecule has 0 aliphatic heterocycles. The van der Waals surface area contributed by atoms with E-state index >= 15 is 0 Å². The topological polar surface area (TPSA) is 34.9 Å². The lowest BCUT2D eigenvalue weighted by molar-refractivity contribution is -0.115. The Bertz CT molecular complexity index is 495. The number of ketones is 1. The quantitative estimate of drug-likeness (QED) is 0.830. The maximum atomic E-state index is 12.2. The minimum Gasteiger partial charge on any atom is -0.294 e. The van der Waals surface area contributed by atoms with E-state index in [4.69, 9.17) is 0 Å². The maximum Gasteiger partial charge on any atom is 0.164 e. The Labute approximate surface area is 121 Å². The Morgan fingerprint density at radius 1 is 1.20 bits per heavy atom. The highest BCUT2D eigenvalue weighted by atomic mass is 16.1. The van der Waals surface area contributed by atoms with Crippen LogP contribution in [0.25, 0.3) is 0 Å². The second-order valence-corrected chi connectivity index (χ2v) is 6.15. The van der Waals surface area contributed by atoms with Gasteiger partial charge < -0.3 is 0 Å². The predicted molar refractivity (Wildman–Crippen MR) is 79.6 cm³/mol. The van der Waals surface area contributed by atoms with Gasteiger partial charge in [-0.25, -0.2) is 0 Å². The standard InChI is InChI=1S/C17H24N2O/c20-17(14-7-3-1-4-8-14)13-15-11-12-19(18-15)16-9-5-2-6-10-16/h7,11-12,16H,1-6,8-10,13H2. The predicted octanol–water partition coefficient (Wildman–Crippen LogP) is 4.00. The smallest absolute Gasteiger partial charge is 0.164 e. The lowest BCUT2D eigenvalue weighted by Crippen LogP contribution is -2.14. The SMILES string of the molecule is O=C(Cc1ccn(C2CCCCC2)n1)C1=CCCCC1. The van der Waals surface area contributed by atoms with Crippen molar-refractivity contribution in [2.24, 2.45) is 0 Å². The molecule has 1 aromatic heterocycles. The van der Waals surface area contributed by atoms with Crippen molar-refractivity contribution in [3.05, 3.63) is 29.6 Å². The Kier molecular flexibility index (Phi) is 4.34. The van der Waals surface area contributed by atoms with Crippen LogP contribution in [-0.2, 0) is 11.2 Å². The molecule has 0 bridgehead atoms. The van der Waals surface area contributed by atoms with Crippen LogP contribution in [0, 0.1) is 0 Å². The Balaban J connectivity index is 1.61. The summed E-state index contributed by atoms with van der Waals surface area (Å²) in [4.78, 5) is 12.2. The second kappa shape index (κ2) is 6.38. The molecule has 0 saturated heterocycles. The minimum atomic E-state index is 0.276. The van der Waals surface area contributed by atoms with E-state index in [1.165, 1.54) is 38.5 Å². The molecule has 0 spiro atoms. The van der Waals surface area contributed by atoms with Gasteiger partial charge in [0.1, 0.15) is 0 Å². The van der Waals surface area contributed by atoms with Crippen molar-refractivity contribution in [3.8, 4) is 0 Å². The summed E-state index contributed by atoms with van der Waals surface area (Å²) in [5, 5.41) is 4.64. The van der Waals surface area contributed by atoms with Crippen LogP contribution in [0.1, 0.15) is 69.5 Å². The first kappa shape index (κ1) is 13.6. The summed E-state index contributed by atoms with van der Waals surface area (Å²) in [7, 11) is 0. The Morgan fingerprint density at radius 2 is 2.05 bits per heavy atom. The fourth-order valence-corrected chi connectivity index (χ4v) is 3.39. The zero-order valence-corrected chi connectivity index (χ0v) is 12.2. The van der Waals surface area contributed by atoms with Gasteiger partial charge in [0.15, 0.2) is 5.78 Å². The van der Waals surface area contributed by atoms with Crippen LogP contribution in [0.3, 0.4) is 0 Å². The molecule has 0 amide bonds. The van der Waals surface area contributed by atoms with Crippen molar-refractivity contribution in [1.29, 1.82) is 0 Å². The molecule has 3 rings (SSSR count). The van der Waals surface area contributed by atoms with Gasteiger partial charge in [-0.3, -0.25) is 9.48 Å². The van der Waals surface area contributed by atoms with Gasteiger partial charge in [-0.15, -0.1) is 0 Å². The number of hydrogen-bond donors (Lipinski definition) is 0. The van der Waals surface area contributed by atoms with Gasteiger partial charge in [0.05, 0.1) is 18.2 Å². The van der Waals surface area contributed by atoms with Crippen LogP contribution < -0.4 is 0 Å². The highest BCUT2D eigenvalue weighted by Gasteiger charge is 2.18. The third-order valence-corrected chi connectivity index (χ3v) is 4.60. The summed E-state index contributed by atoms with van der Waals surface area (Å²) in [5.41, 5.74) is 1.97. The summed E-state index contributed by atoms with van der Waals surface area (Å²) in [6.45, 7) is 0. The van der Waals surface area contributed by atoms with E-state index in [2.05, 4.69) is 22.1 Å². The van der Waals surface area contributed by atoms with Gasteiger partial charge >= 0.3 is 0 Å². The highest BCUT2D eigenvalue weighted by molar-refractivity contribution is 5.96. The van der Waals surface area contributed by atoms with Crippen LogP contribution in [0.15, 0.2) is 23.9 Å². The lowest BCUT2D eigenvalue weighted by Gasteiger charge is -2.21. The fraction of sp³-hybridized carbons (Fsp3) is 0.647. The van der Waals surface area contributed by atoms with Crippen LogP contribution in [0.2, 0.25) is 0 Å². The molecule has 108 valence electrons. The van der Waals surface area contributed by atoms with Gasteiger partial charge in [0, 0.05) is 6.20 Å². The number of hydrogen-bond acceptors (Lipinski definition) is 2. The molecule has 1 saturated carbocycles. The molecule has 1 aromatic rings. The molecular formula is C17H24N2O. The molecule has 20 heavy (non-hydrogen) atoms. The first-order valence-corrected chi connectivity index (χ1v) is 8.09. The normalized spacial score (nSPS) is 20.7. The molecule has 2 aliphatic rings. The average molecular weight is 272 g/mol. The molecule has 0 aromatic carbocycles. The van der Waals surface area contributed by atoms with E-state index in [1.54, 1.807) is 0 Å². The molecule has 0 atom stereocenters. The van der Waals surface area contributed by atoms with E-state index < -0.39 is 0 Å². The summed E-state index contributed by atoms with van der Waals surface area (Å²) in [5.74, 6) is 0.276. The first-order valence-electron chi connectivity index (χ1n) is 8.09. The van der Waals surface area contributed by atoms with E-state index in [9.17, 15) is 4.79 Å². The summed E-state index contributed by atoms with van der Waals surface area (Å²) in [6.07, 6.45) is 15.5. The maximum absolute atomic E-state index is 12.2. The van der Waals surface area contributed by atoms with Crippen molar-refractivity contribution in [2.45, 2.75) is 70.3 Å². The van der Waals surface area contributed by atoms with Crippen LogP contribution >= 0.6 is 0 Å². The Morgan fingerprint density at radius 3 is 2.80 bits per heavy atom. The summed E-state index contributed by atoms with van der Waals surface area (Å²) < 4.78 is 2.09. The molecule has 3 heteroatoms. The van der Waals surface area contributed by atoms with Crippen molar-refractivity contribution in [3.63, 3.8) is 0 Å². The van der Waals surface area contributed by atoms with Crippen molar-refractivity contribution in [2.75, 3.05) is 0 Å². The van der Waals surface area contributed by atoms with Gasteiger partial charge in [0.2, 0.25) is 0 Å². The average Bonchev–Trinajstić information content (AvgIpc) is 2.97. The number of aromatic nitrogens is 2. The van der Waals surface area contributed by atoms with Gasteiger partial charge in [-0.2, -0.15) is 5.10 Å². The number of carbonyl (C=O) groups excluding carboxylic acids is 1. The molecule has 2 aliphatic carbocycles. The van der Waals surface area contributed by atoms with Crippen molar-refractivity contribution in [1.82, 2.24) is 9.78 Å². The fourth-order valence-electron chi connectivity index (χ4n) is 3.39. The first-order chi connectivity index (χ1) is 9.83. The zero-order valence-electron chi connectivity index (χ0n) is 12.2. The van der Waals surface area contributed by atoms with E-state index in [0.717, 1.165) is 30.5 Å². The number of carbonyl (C=O) groups is 1. The van der Waals surface area contributed by atoms with Crippen LogP contribution in [-0.4, -0.2) is 15.6 Å². The van der Waals surface area contributed by atoms with E-state index in [-0.39, 0.29) is 5.78 Å². The Hall–Kier alpha value is -1.38. The van der Waals surface area contributed by atoms with E-state index in [0.29, 0.717) is 12.5 Å². The summed E-state index contributed by atoms with van der Waals surface area (Å²) in [6, 6.07) is 2.58. The van der Waals surface area contributed by atoms with Crippen LogP contribution in [0.4, 0.5) is 0 Å². The van der Waals surface area contributed by atoms with Crippen LogP contribution in [0.5, 0.6) is 0 Å². The van der Waals surface area contributed by atoms with Gasteiger partial charge in [0.25, 0.3) is 0 Å². The molecule has 0 radical (unpaired) electrons. The molecule has 3 nitrogen and oxygen atoms in total. The molecule has 1 heterocycles. The monoisotopic (exact) mass is 272 g/mol. The van der Waals surface area contributed by atoms with Gasteiger partial charge in [-0.1, -0.05) is 25.3 Å². The highest BCUT2D eigenvalue weighted by Crippen LogP contribution is 2.27. The number of allylic oxidation sites excluding steroid dienone is 2. The largest absolute Gasteiger partial charge is 0.294 e. The number of Topliss-reactive ketones (excluding diaryl/α,β-unsaturated/α-hetero) is 1. The molecule has 0 unspecified atom stereocenters. The minimum absolute atomic E-state index is 0.276. The lowest BCUT2D eigenvalue weighted by atomic mass is 9.94. The second-order valence-electron chi connectivity index (χ2n) is 6.15. The molecular weight excluding hydrogens is 248 g/mol. The van der Waals surface area contributed by atoms with E-state index in [1.807, 2.05) is 6.07 Å². The van der Waals surface area contributed by atoms with Crippen molar-refractivity contribution < 1.29 is 4.79 Å². The third-order valence-electron chi connectivity index (χ3n) is 4.60. The van der Waals surface area contributed by atoms with Crippen molar-refractivity contribution >= 4 is 5.78 Å². The number of rotatable bonds is 4. The molecule has 1 fully saturated rings. The van der Waals surface area contributed by atoms with Gasteiger partial charge in [-0.05, 0) is 50.2 Å². The third kappa shape index (κ3) is 3.20. The zero-order chi connectivity index (χ0) is 13.8.